The highest BCUT2D eigenvalue weighted by Crippen LogP contribution is 2.10. The molecule has 0 radical (unpaired) electrons. The summed E-state index contributed by atoms with van der Waals surface area (Å²) in [5.41, 5.74) is 4.61. The lowest BCUT2D eigenvalue weighted by Gasteiger charge is -2.04. The molecule has 0 saturated carbocycles. The maximum atomic E-state index is 5.20. The van der Waals surface area contributed by atoms with Crippen molar-refractivity contribution in [2.45, 2.75) is 13.3 Å². The van der Waals surface area contributed by atoms with Gasteiger partial charge in [-0.15, -0.1) is 5.11 Å². The smallest absolute Gasteiger partial charge is 0.107 e. The van der Waals surface area contributed by atoms with Crippen molar-refractivity contribution in [3.8, 4) is 0 Å². The van der Waals surface area contributed by atoms with Crippen molar-refractivity contribution in [3.63, 3.8) is 0 Å². The molecular formula is C10H11N3O. The highest BCUT2D eigenvalue weighted by Gasteiger charge is 1.99. The molecule has 72 valence electrons. The number of hydrogen-bond donors (Lipinski definition) is 1. The van der Waals surface area contributed by atoms with Crippen molar-refractivity contribution in [3.05, 3.63) is 47.7 Å². The summed E-state index contributed by atoms with van der Waals surface area (Å²) in [6.45, 7) is 1.94. The molecule has 0 aromatic carbocycles. The molecule has 2 heterocycles. The van der Waals surface area contributed by atoms with E-state index in [1.54, 1.807) is 6.26 Å². The summed E-state index contributed by atoms with van der Waals surface area (Å²) in [5, 5.41) is 7.68. The van der Waals surface area contributed by atoms with Gasteiger partial charge in [0.15, 0.2) is 0 Å². The maximum Gasteiger partial charge on any atom is 0.107 e. The zero-order chi connectivity index (χ0) is 9.80. The first-order valence-corrected chi connectivity index (χ1v) is 4.42. The normalized spacial score (nSPS) is 18.1. The zero-order valence-electron chi connectivity index (χ0n) is 7.90. The first-order chi connectivity index (χ1) is 6.84. The summed E-state index contributed by atoms with van der Waals surface area (Å²) >= 11 is 0. The Kier molecular flexibility index (Phi) is 2.44. The molecule has 4 nitrogen and oxygen atoms in total. The van der Waals surface area contributed by atoms with Crippen LogP contribution in [0.15, 0.2) is 56.7 Å². The van der Waals surface area contributed by atoms with E-state index in [1.807, 2.05) is 31.2 Å². The molecule has 0 fully saturated rings. The molecular weight excluding hydrogens is 178 g/mol. The minimum Gasteiger partial charge on any atom is -0.469 e. The molecule has 0 amide bonds. The number of hydrogen-bond acceptors (Lipinski definition) is 4. The summed E-state index contributed by atoms with van der Waals surface area (Å²) < 4.78 is 5.20. The Bertz CT molecular complexity index is 388. The first kappa shape index (κ1) is 8.74. The minimum atomic E-state index is 0.741. The van der Waals surface area contributed by atoms with Crippen LogP contribution in [-0.4, -0.2) is 0 Å². The van der Waals surface area contributed by atoms with Crippen molar-refractivity contribution < 1.29 is 4.42 Å². The SMILES string of the molecule is CC1=CC(=CCc2ccco2)N=NN1. The summed E-state index contributed by atoms with van der Waals surface area (Å²) in [6, 6.07) is 3.81. The summed E-state index contributed by atoms with van der Waals surface area (Å²) in [7, 11) is 0. The largest absolute Gasteiger partial charge is 0.469 e. The summed E-state index contributed by atoms with van der Waals surface area (Å²) in [5.74, 6) is 0.928. The Hall–Kier alpha value is -1.84. The number of nitrogens with one attached hydrogen (secondary N) is 1. The van der Waals surface area contributed by atoms with Gasteiger partial charge in [0.2, 0.25) is 0 Å². The van der Waals surface area contributed by atoms with Gasteiger partial charge < -0.3 is 4.42 Å². The van der Waals surface area contributed by atoms with Crippen molar-refractivity contribution in [1.29, 1.82) is 0 Å². The molecule has 14 heavy (non-hydrogen) atoms. The number of nitrogens with zero attached hydrogens (tertiary/aromatic N) is 2. The van der Waals surface area contributed by atoms with Gasteiger partial charge in [0, 0.05) is 12.1 Å². The average molecular weight is 189 g/mol. The van der Waals surface area contributed by atoms with Crippen LogP contribution in [-0.2, 0) is 6.42 Å². The minimum absolute atomic E-state index is 0.741. The van der Waals surface area contributed by atoms with E-state index in [2.05, 4.69) is 15.8 Å². The topological polar surface area (TPSA) is 49.9 Å². The van der Waals surface area contributed by atoms with Gasteiger partial charge in [0.25, 0.3) is 0 Å². The van der Waals surface area contributed by atoms with Crippen LogP contribution in [0.4, 0.5) is 0 Å². The Labute approximate surface area is 82.0 Å². The Morgan fingerprint density at radius 3 is 3.21 bits per heavy atom. The second-order valence-electron chi connectivity index (χ2n) is 3.05. The molecule has 4 heteroatoms. The summed E-state index contributed by atoms with van der Waals surface area (Å²) in [4.78, 5) is 0. The fourth-order valence-corrected chi connectivity index (χ4v) is 1.18. The highest BCUT2D eigenvalue weighted by atomic mass is 16.3. The van der Waals surface area contributed by atoms with Crippen LogP contribution in [0.25, 0.3) is 0 Å². The van der Waals surface area contributed by atoms with Crippen LogP contribution < -0.4 is 5.43 Å². The van der Waals surface area contributed by atoms with Crippen LogP contribution in [0.1, 0.15) is 12.7 Å². The van der Waals surface area contributed by atoms with Crippen molar-refractivity contribution in [1.82, 2.24) is 5.43 Å². The van der Waals surface area contributed by atoms with Gasteiger partial charge in [0.05, 0.1) is 12.0 Å². The van der Waals surface area contributed by atoms with Gasteiger partial charge in [-0.3, -0.25) is 5.43 Å². The molecule has 1 aromatic rings. The second kappa shape index (κ2) is 3.91. The highest BCUT2D eigenvalue weighted by molar-refractivity contribution is 5.23. The van der Waals surface area contributed by atoms with Crippen LogP contribution in [0.3, 0.4) is 0 Å². The Morgan fingerprint density at radius 1 is 1.57 bits per heavy atom. The van der Waals surface area contributed by atoms with Gasteiger partial charge in [0.1, 0.15) is 5.76 Å². The lowest BCUT2D eigenvalue weighted by atomic mass is 10.2. The molecule has 0 saturated heterocycles. The van der Waals surface area contributed by atoms with E-state index in [1.165, 1.54) is 0 Å². The molecule has 0 unspecified atom stereocenters. The van der Waals surface area contributed by atoms with Crippen LogP contribution in [0.5, 0.6) is 0 Å². The lowest BCUT2D eigenvalue weighted by Crippen LogP contribution is -2.04. The van der Waals surface area contributed by atoms with E-state index in [4.69, 9.17) is 4.42 Å². The molecule has 1 N–H and O–H groups in total. The van der Waals surface area contributed by atoms with E-state index in [0.29, 0.717) is 0 Å². The number of furan rings is 1. The number of rotatable bonds is 2. The Morgan fingerprint density at radius 2 is 2.50 bits per heavy atom. The van der Waals surface area contributed by atoms with Crippen LogP contribution >= 0.6 is 0 Å². The van der Waals surface area contributed by atoms with E-state index < -0.39 is 0 Å². The quantitative estimate of drug-likeness (QED) is 0.777. The number of allylic oxidation sites excluding steroid dienone is 3. The zero-order valence-corrected chi connectivity index (χ0v) is 7.90. The molecule has 0 atom stereocenters. The van der Waals surface area contributed by atoms with Gasteiger partial charge >= 0.3 is 0 Å². The van der Waals surface area contributed by atoms with Gasteiger partial charge in [-0.05, 0) is 31.2 Å². The van der Waals surface area contributed by atoms with E-state index in [-0.39, 0.29) is 0 Å². The molecule has 2 rings (SSSR count). The first-order valence-electron chi connectivity index (χ1n) is 4.42. The monoisotopic (exact) mass is 189 g/mol. The Balaban J connectivity index is 2.04. The third-order valence-electron chi connectivity index (χ3n) is 1.85. The van der Waals surface area contributed by atoms with E-state index in [0.717, 1.165) is 23.6 Å². The molecule has 0 bridgehead atoms. The molecule has 0 aliphatic carbocycles. The average Bonchev–Trinajstić information content (AvgIpc) is 2.67. The lowest BCUT2D eigenvalue weighted by molar-refractivity contribution is 0.522. The second-order valence-corrected chi connectivity index (χ2v) is 3.05. The van der Waals surface area contributed by atoms with Gasteiger partial charge in [-0.1, -0.05) is 5.22 Å². The van der Waals surface area contributed by atoms with Crippen molar-refractivity contribution in [2.24, 2.45) is 10.3 Å². The van der Waals surface area contributed by atoms with Gasteiger partial charge in [-0.25, -0.2) is 0 Å². The third-order valence-corrected chi connectivity index (χ3v) is 1.85. The fourth-order valence-electron chi connectivity index (χ4n) is 1.18. The predicted molar refractivity (Wildman–Crippen MR) is 52.2 cm³/mol. The molecule has 1 aliphatic heterocycles. The van der Waals surface area contributed by atoms with Crippen LogP contribution in [0, 0.1) is 0 Å². The van der Waals surface area contributed by atoms with Crippen molar-refractivity contribution >= 4 is 0 Å². The fraction of sp³-hybridized carbons (Fsp3) is 0.200. The molecule has 0 spiro atoms. The van der Waals surface area contributed by atoms with Crippen molar-refractivity contribution in [2.75, 3.05) is 0 Å². The van der Waals surface area contributed by atoms with E-state index >= 15 is 0 Å². The summed E-state index contributed by atoms with van der Waals surface area (Å²) in [6.07, 6.45) is 6.33. The maximum absolute atomic E-state index is 5.20. The molecule has 1 aliphatic rings. The third kappa shape index (κ3) is 2.10. The van der Waals surface area contributed by atoms with Crippen LogP contribution in [0.2, 0.25) is 0 Å². The van der Waals surface area contributed by atoms with Gasteiger partial charge in [-0.2, -0.15) is 0 Å². The predicted octanol–water partition coefficient (Wildman–Crippen LogP) is 2.58. The van der Waals surface area contributed by atoms with E-state index in [9.17, 15) is 0 Å². The standard InChI is InChI=1S/C10H11N3O/c1-8-7-9(12-13-11-8)4-5-10-3-2-6-14-10/h2-4,6-7H,5H2,1H3,(H,11,12). The molecule has 1 aromatic heterocycles.